The van der Waals surface area contributed by atoms with Crippen molar-refractivity contribution in [2.75, 3.05) is 25.5 Å². The van der Waals surface area contributed by atoms with Gasteiger partial charge in [0.15, 0.2) is 0 Å². The van der Waals surface area contributed by atoms with Gasteiger partial charge in [-0.25, -0.2) is 21.6 Å². The van der Waals surface area contributed by atoms with Gasteiger partial charge in [0.05, 0.1) is 16.3 Å². The van der Waals surface area contributed by atoms with E-state index in [1.165, 1.54) is 31.3 Å². The second-order valence-corrected chi connectivity index (χ2v) is 11.4. The van der Waals surface area contributed by atoms with Crippen LogP contribution in [0.25, 0.3) is 0 Å². The molecule has 180 valence electrons. The van der Waals surface area contributed by atoms with E-state index in [0.717, 1.165) is 9.87 Å². The molecule has 0 saturated carbocycles. The topological polar surface area (TPSA) is 113 Å². The van der Waals surface area contributed by atoms with Crippen LogP contribution in [0.4, 0.5) is 5.69 Å². The number of rotatable bonds is 10. The number of nitrogens with zero attached hydrogens (tertiary/aromatic N) is 1. The standard InChI is InChI=1S/C24H27N3O5S2/c1-19-13-14-22(33(29,30)25-2)17-23(19)26-24(28)18-27(16-15-20-9-5-3-6-10-20)34(31,32)21-11-7-4-8-12-21/h3-14,17,25H,15-16,18H2,1-2H3,(H,26,28). The van der Waals surface area contributed by atoms with Gasteiger partial charge in [0.1, 0.15) is 0 Å². The third-order valence-electron chi connectivity index (χ3n) is 5.26. The zero-order valence-corrected chi connectivity index (χ0v) is 20.6. The molecule has 3 aromatic rings. The predicted octanol–water partition coefficient (Wildman–Crippen LogP) is 2.78. The molecule has 10 heteroatoms. The Morgan fingerprint density at radius 3 is 2.09 bits per heavy atom. The molecular weight excluding hydrogens is 474 g/mol. The van der Waals surface area contributed by atoms with Gasteiger partial charge in [-0.2, -0.15) is 4.31 Å². The van der Waals surface area contributed by atoms with Crippen molar-refractivity contribution >= 4 is 31.6 Å². The van der Waals surface area contributed by atoms with E-state index in [-0.39, 0.29) is 16.3 Å². The van der Waals surface area contributed by atoms with Crippen LogP contribution in [0.15, 0.2) is 88.7 Å². The third kappa shape index (κ3) is 6.29. The minimum atomic E-state index is -3.94. The van der Waals surface area contributed by atoms with E-state index in [2.05, 4.69) is 10.0 Å². The quantitative estimate of drug-likeness (QED) is 0.444. The summed E-state index contributed by atoms with van der Waals surface area (Å²) >= 11 is 0. The molecular formula is C24H27N3O5S2. The highest BCUT2D eigenvalue weighted by Gasteiger charge is 2.26. The molecule has 0 aliphatic rings. The van der Waals surface area contributed by atoms with Gasteiger partial charge in [0.25, 0.3) is 0 Å². The van der Waals surface area contributed by atoms with Crippen LogP contribution in [-0.2, 0) is 31.3 Å². The average molecular weight is 502 g/mol. The van der Waals surface area contributed by atoms with Crippen molar-refractivity contribution in [2.24, 2.45) is 0 Å². The van der Waals surface area contributed by atoms with Gasteiger partial charge in [-0.1, -0.05) is 54.6 Å². The molecule has 3 rings (SSSR count). The zero-order chi connectivity index (χ0) is 24.8. The van der Waals surface area contributed by atoms with Crippen molar-refractivity contribution in [3.8, 4) is 0 Å². The number of aryl methyl sites for hydroxylation is 1. The van der Waals surface area contributed by atoms with Gasteiger partial charge in [-0.15, -0.1) is 0 Å². The van der Waals surface area contributed by atoms with Gasteiger partial charge in [0, 0.05) is 12.2 Å². The molecule has 0 atom stereocenters. The van der Waals surface area contributed by atoms with Crippen molar-refractivity contribution in [3.63, 3.8) is 0 Å². The Bertz CT molecular complexity index is 1340. The fourth-order valence-corrected chi connectivity index (χ4v) is 5.47. The summed E-state index contributed by atoms with van der Waals surface area (Å²) in [5, 5.41) is 2.66. The van der Waals surface area contributed by atoms with Crippen molar-refractivity contribution in [2.45, 2.75) is 23.1 Å². The maximum atomic E-state index is 13.3. The Morgan fingerprint density at radius 2 is 1.47 bits per heavy atom. The van der Waals surface area contributed by atoms with E-state index in [1.807, 2.05) is 30.3 Å². The van der Waals surface area contributed by atoms with E-state index >= 15 is 0 Å². The van der Waals surface area contributed by atoms with Crippen molar-refractivity contribution < 1.29 is 21.6 Å². The molecule has 0 aliphatic heterocycles. The van der Waals surface area contributed by atoms with Crippen LogP contribution in [-0.4, -0.2) is 47.2 Å². The molecule has 1 amide bonds. The van der Waals surface area contributed by atoms with Gasteiger partial charge in [-0.3, -0.25) is 4.79 Å². The van der Waals surface area contributed by atoms with Crippen LogP contribution in [0.2, 0.25) is 0 Å². The second kappa shape index (κ2) is 10.9. The number of hydrogen-bond acceptors (Lipinski definition) is 5. The minimum absolute atomic E-state index is 0.00580. The van der Waals surface area contributed by atoms with Crippen LogP contribution >= 0.6 is 0 Å². The molecule has 0 aliphatic carbocycles. The van der Waals surface area contributed by atoms with Gasteiger partial charge in [-0.05, 0) is 55.8 Å². The van der Waals surface area contributed by atoms with Gasteiger partial charge >= 0.3 is 0 Å². The first-order valence-electron chi connectivity index (χ1n) is 10.6. The number of carbonyl (C=O) groups excluding carboxylic acids is 1. The molecule has 0 bridgehead atoms. The number of benzene rings is 3. The summed E-state index contributed by atoms with van der Waals surface area (Å²) in [5.41, 5.74) is 1.88. The lowest BCUT2D eigenvalue weighted by Crippen LogP contribution is -2.39. The van der Waals surface area contributed by atoms with Crippen molar-refractivity contribution in [1.82, 2.24) is 9.03 Å². The Morgan fingerprint density at radius 1 is 0.853 bits per heavy atom. The van der Waals surface area contributed by atoms with E-state index in [9.17, 15) is 21.6 Å². The van der Waals surface area contributed by atoms with Crippen molar-refractivity contribution in [3.05, 3.63) is 90.0 Å². The Balaban J connectivity index is 1.84. The predicted molar refractivity (Wildman–Crippen MR) is 131 cm³/mol. The Kier molecular flexibility index (Phi) is 8.21. The molecule has 2 N–H and O–H groups in total. The molecule has 3 aromatic carbocycles. The lowest BCUT2D eigenvalue weighted by molar-refractivity contribution is -0.116. The van der Waals surface area contributed by atoms with Crippen LogP contribution < -0.4 is 10.0 Å². The maximum Gasteiger partial charge on any atom is 0.243 e. The SMILES string of the molecule is CNS(=O)(=O)c1ccc(C)c(NC(=O)CN(CCc2ccccc2)S(=O)(=O)c2ccccc2)c1. The smallest absolute Gasteiger partial charge is 0.243 e. The second-order valence-electron chi connectivity index (χ2n) is 7.62. The largest absolute Gasteiger partial charge is 0.325 e. The number of sulfonamides is 2. The first-order valence-corrected chi connectivity index (χ1v) is 13.5. The minimum Gasteiger partial charge on any atom is -0.325 e. The monoisotopic (exact) mass is 501 g/mol. The van der Waals surface area contributed by atoms with Crippen LogP contribution in [0.1, 0.15) is 11.1 Å². The van der Waals surface area contributed by atoms with Crippen molar-refractivity contribution in [1.29, 1.82) is 0 Å². The molecule has 0 aromatic heterocycles. The lowest BCUT2D eigenvalue weighted by atomic mass is 10.1. The summed E-state index contributed by atoms with van der Waals surface area (Å²) in [6.45, 7) is 1.40. The summed E-state index contributed by atoms with van der Waals surface area (Å²) in [4.78, 5) is 13.0. The molecule has 0 spiro atoms. The van der Waals surface area contributed by atoms with E-state index in [1.54, 1.807) is 31.2 Å². The van der Waals surface area contributed by atoms with Crippen LogP contribution in [0.5, 0.6) is 0 Å². The molecule has 0 saturated heterocycles. The summed E-state index contributed by atoms with van der Waals surface area (Å²) in [6, 6.07) is 21.7. The molecule has 0 heterocycles. The zero-order valence-electron chi connectivity index (χ0n) is 18.9. The maximum absolute atomic E-state index is 13.3. The van der Waals surface area contributed by atoms with Gasteiger partial charge < -0.3 is 5.32 Å². The summed E-state index contributed by atoms with van der Waals surface area (Å²) in [6.07, 6.45) is 0.426. The summed E-state index contributed by atoms with van der Waals surface area (Å²) in [7, 11) is -6.34. The van der Waals surface area contributed by atoms with E-state index in [4.69, 9.17) is 0 Å². The molecule has 0 fully saturated rings. The highest BCUT2D eigenvalue weighted by Crippen LogP contribution is 2.21. The number of amides is 1. The van der Waals surface area contributed by atoms with Crippen LogP contribution in [0.3, 0.4) is 0 Å². The number of nitrogens with one attached hydrogen (secondary N) is 2. The van der Waals surface area contributed by atoms with Crippen LogP contribution in [0, 0.1) is 6.92 Å². The Labute approximate surface area is 200 Å². The molecule has 0 unspecified atom stereocenters. The first kappa shape index (κ1) is 25.6. The first-order chi connectivity index (χ1) is 16.1. The average Bonchev–Trinajstić information content (AvgIpc) is 2.84. The highest BCUT2D eigenvalue weighted by molar-refractivity contribution is 7.89. The number of hydrogen-bond donors (Lipinski definition) is 2. The normalized spacial score (nSPS) is 12.0. The fraction of sp³-hybridized carbons (Fsp3) is 0.208. The summed E-state index contributed by atoms with van der Waals surface area (Å²) < 4.78 is 54.2. The molecule has 34 heavy (non-hydrogen) atoms. The Hall–Kier alpha value is -3.05. The fourth-order valence-electron chi connectivity index (χ4n) is 3.29. The highest BCUT2D eigenvalue weighted by atomic mass is 32.2. The van der Waals surface area contributed by atoms with E-state index < -0.39 is 32.5 Å². The number of anilines is 1. The number of carbonyl (C=O) groups is 1. The van der Waals surface area contributed by atoms with Gasteiger partial charge in [0.2, 0.25) is 26.0 Å². The third-order valence-corrected chi connectivity index (χ3v) is 8.53. The lowest BCUT2D eigenvalue weighted by Gasteiger charge is -2.22. The summed E-state index contributed by atoms with van der Waals surface area (Å²) in [5.74, 6) is -0.574. The molecule has 0 radical (unpaired) electrons. The molecule has 8 nitrogen and oxygen atoms in total. The van der Waals surface area contributed by atoms with E-state index in [0.29, 0.717) is 17.7 Å².